The Morgan fingerprint density at radius 1 is 1.15 bits per heavy atom. The first-order chi connectivity index (χ1) is 19.3. The van der Waals surface area contributed by atoms with Gasteiger partial charge in [-0.05, 0) is 73.6 Å². The van der Waals surface area contributed by atoms with Crippen molar-refractivity contribution < 1.29 is 23.9 Å². The lowest BCUT2D eigenvalue weighted by Crippen LogP contribution is -2.27. The SMILES string of the molecule is CCOC(=O)c1c(NC(=O)COc2ccc(/C=C3\SC(=S)N(c4ccccc4)C3=O)cc2)sc2c1CCC(C)C2. The van der Waals surface area contributed by atoms with Gasteiger partial charge in [0.2, 0.25) is 0 Å². The van der Waals surface area contributed by atoms with Crippen LogP contribution >= 0.6 is 35.3 Å². The first-order valence-electron chi connectivity index (χ1n) is 13.0. The number of nitrogens with zero attached hydrogens (tertiary/aromatic N) is 1. The van der Waals surface area contributed by atoms with E-state index in [-0.39, 0.29) is 25.0 Å². The first kappa shape index (κ1) is 28.1. The summed E-state index contributed by atoms with van der Waals surface area (Å²) >= 11 is 8.14. The summed E-state index contributed by atoms with van der Waals surface area (Å²) in [7, 11) is 0. The van der Waals surface area contributed by atoms with Crippen LogP contribution < -0.4 is 15.0 Å². The molecule has 0 saturated carbocycles. The Kier molecular flexibility index (Phi) is 8.68. The largest absolute Gasteiger partial charge is 0.484 e. The molecular weight excluding hydrogens is 565 g/mol. The number of carbonyl (C=O) groups is 3. The van der Waals surface area contributed by atoms with Crippen molar-refractivity contribution in [3.05, 3.63) is 81.1 Å². The Balaban J connectivity index is 1.21. The van der Waals surface area contributed by atoms with Gasteiger partial charge in [-0.25, -0.2) is 4.79 Å². The molecule has 0 spiro atoms. The third-order valence-electron chi connectivity index (χ3n) is 6.60. The molecule has 2 aromatic carbocycles. The number of ether oxygens (including phenoxy) is 2. The lowest BCUT2D eigenvalue weighted by Gasteiger charge is -2.18. The minimum Gasteiger partial charge on any atom is -0.484 e. The molecule has 1 saturated heterocycles. The number of thiocarbonyl (C=S) groups is 1. The highest BCUT2D eigenvalue weighted by Crippen LogP contribution is 2.40. The second-order valence-corrected chi connectivity index (χ2v) is 12.3. The van der Waals surface area contributed by atoms with Crippen LogP contribution in [0.4, 0.5) is 10.7 Å². The first-order valence-corrected chi connectivity index (χ1v) is 15.1. The number of para-hydroxylation sites is 1. The van der Waals surface area contributed by atoms with Crippen LogP contribution in [0.3, 0.4) is 0 Å². The molecule has 40 heavy (non-hydrogen) atoms. The number of esters is 1. The van der Waals surface area contributed by atoms with Crippen molar-refractivity contribution in [3.63, 3.8) is 0 Å². The monoisotopic (exact) mass is 592 g/mol. The third-order valence-corrected chi connectivity index (χ3v) is 9.07. The number of thiophene rings is 1. The molecule has 1 fully saturated rings. The highest BCUT2D eigenvalue weighted by Gasteiger charge is 2.33. The molecule has 5 rings (SSSR count). The quantitative estimate of drug-likeness (QED) is 0.182. The molecule has 0 radical (unpaired) electrons. The zero-order valence-electron chi connectivity index (χ0n) is 22.1. The normalized spacial score (nSPS) is 17.6. The number of hydrogen-bond donors (Lipinski definition) is 1. The van der Waals surface area contributed by atoms with Crippen LogP contribution in [-0.4, -0.2) is 35.3 Å². The molecule has 7 nitrogen and oxygen atoms in total. The fourth-order valence-corrected chi connectivity index (χ4v) is 7.36. The van der Waals surface area contributed by atoms with Crippen molar-refractivity contribution >= 4 is 74.2 Å². The molecule has 1 unspecified atom stereocenters. The molecule has 1 N–H and O–H groups in total. The predicted octanol–water partition coefficient (Wildman–Crippen LogP) is 6.47. The fraction of sp³-hybridized carbons (Fsp3) is 0.267. The Morgan fingerprint density at radius 3 is 2.62 bits per heavy atom. The van der Waals surface area contributed by atoms with Crippen molar-refractivity contribution in [1.82, 2.24) is 0 Å². The van der Waals surface area contributed by atoms with Crippen molar-refractivity contribution in [1.29, 1.82) is 0 Å². The summed E-state index contributed by atoms with van der Waals surface area (Å²) in [4.78, 5) is 41.6. The van der Waals surface area contributed by atoms with E-state index in [2.05, 4.69) is 12.2 Å². The van der Waals surface area contributed by atoms with Crippen LogP contribution in [-0.2, 0) is 27.2 Å². The maximum absolute atomic E-state index is 13.0. The van der Waals surface area contributed by atoms with Gasteiger partial charge in [-0.15, -0.1) is 11.3 Å². The van der Waals surface area contributed by atoms with E-state index >= 15 is 0 Å². The van der Waals surface area contributed by atoms with Gasteiger partial charge in [-0.2, -0.15) is 0 Å². The highest BCUT2D eigenvalue weighted by molar-refractivity contribution is 8.27. The summed E-state index contributed by atoms with van der Waals surface area (Å²) in [6.45, 7) is 4.02. The Bertz CT molecular complexity index is 1480. The van der Waals surface area contributed by atoms with Gasteiger partial charge in [-0.1, -0.05) is 61.2 Å². The molecule has 1 aromatic heterocycles. The van der Waals surface area contributed by atoms with E-state index in [9.17, 15) is 14.4 Å². The highest BCUT2D eigenvalue weighted by atomic mass is 32.2. The molecule has 2 heterocycles. The van der Waals surface area contributed by atoms with E-state index in [0.717, 1.165) is 41.0 Å². The molecule has 1 aliphatic heterocycles. The number of nitrogens with one attached hydrogen (secondary N) is 1. The van der Waals surface area contributed by atoms with Gasteiger partial charge in [0.15, 0.2) is 10.9 Å². The topological polar surface area (TPSA) is 84.9 Å². The summed E-state index contributed by atoms with van der Waals surface area (Å²) in [6.07, 6.45) is 4.48. The van der Waals surface area contributed by atoms with E-state index in [1.165, 1.54) is 28.0 Å². The van der Waals surface area contributed by atoms with Crippen molar-refractivity contribution in [2.24, 2.45) is 5.92 Å². The minimum absolute atomic E-state index is 0.162. The number of rotatable bonds is 8. The fourth-order valence-electron chi connectivity index (χ4n) is 4.65. The average molecular weight is 593 g/mol. The van der Waals surface area contributed by atoms with Crippen molar-refractivity contribution in [3.8, 4) is 5.75 Å². The molecule has 3 aromatic rings. The second-order valence-electron chi connectivity index (χ2n) is 9.53. The maximum atomic E-state index is 13.0. The summed E-state index contributed by atoms with van der Waals surface area (Å²) in [5, 5.41) is 3.39. The van der Waals surface area contributed by atoms with Gasteiger partial charge in [0.1, 0.15) is 10.8 Å². The smallest absolute Gasteiger partial charge is 0.341 e. The molecule has 1 aliphatic carbocycles. The van der Waals surface area contributed by atoms with Crippen LogP contribution in [0.15, 0.2) is 59.5 Å². The van der Waals surface area contributed by atoms with Gasteiger partial charge in [0.05, 0.1) is 22.8 Å². The van der Waals surface area contributed by atoms with E-state index in [1.54, 1.807) is 25.1 Å². The molecular formula is C30H28N2O5S3. The van der Waals surface area contributed by atoms with E-state index in [1.807, 2.05) is 42.5 Å². The second kappa shape index (κ2) is 12.4. The number of hydrogen-bond acceptors (Lipinski definition) is 8. The average Bonchev–Trinajstić information content (AvgIpc) is 3.43. The van der Waals surface area contributed by atoms with E-state index < -0.39 is 5.97 Å². The van der Waals surface area contributed by atoms with Crippen LogP contribution in [0.25, 0.3) is 6.08 Å². The number of fused-ring (bicyclic) bond motifs is 1. The molecule has 10 heteroatoms. The zero-order valence-corrected chi connectivity index (χ0v) is 24.5. The number of thioether (sulfide) groups is 1. The number of amides is 2. The lowest BCUT2D eigenvalue weighted by molar-refractivity contribution is -0.118. The van der Waals surface area contributed by atoms with Gasteiger partial charge in [0, 0.05) is 4.88 Å². The van der Waals surface area contributed by atoms with Crippen molar-refractivity contribution in [2.45, 2.75) is 33.1 Å². The number of carbonyl (C=O) groups excluding carboxylic acids is 3. The summed E-state index contributed by atoms with van der Waals surface area (Å²) in [5.74, 6) is 0.128. The summed E-state index contributed by atoms with van der Waals surface area (Å²) in [6, 6.07) is 16.4. The van der Waals surface area contributed by atoms with Crippen LogP contribution in [0.1, 0.15) is 46.6 Å². The van der Waals surface area contributed by atoms with Crippen LogP contribution in [0, 0.1) is 5.92 Å². The summed E-state index contributed by atoms with van der Waals surface area (Å²) < 4.78 is 11.5. The molecule has 206 valence electrons. The summed E-state index contributed by atoms with van der Waals surface area (Å²) in [5.41, 5.74) is 3.02. The van der Waals surface area contributed by atoms with E-state index in [4.69, 9.17) is 21.7 Å². The van der Waals surface area contributed by atoms with Gasteiger partial charge < -0.3 is 14.8 Å². The van der Waals surface area contributed by atoms with Gasteiger partial charge in [0.25, 0.3) is 11.8 Å². The molecule has 0 bridgehead atoms. The number of anilines is 2. The lowest BCUT2D eigenvalue weighted by atomic mass is 9.88. The molecule has 1 atom stereocenters. The van der Waals surface area contributed by atoms with Crippen molar-refractivity contribution in [2.75, 3.05) is 23.4 Å². The minimum atomic E-state index is -0.401. The Morgan fingerprint density at radius 2 is 1.90 bits per heavy atom. The molecule has 2 aliphatic rings. The standard InChI is InChI=1S/C30H28N2O5S3/c1-3-36-29(35)26-22-14-9-18(2)15-23(22)39-27(26)31-25(33)17-37-21-12-10-19(11-13-21)16-24-28(34)32(30(38)40-24)20-7-5-4-6-8-20/h4-8,10-13,16,18H,3,9,14-15,17H2,1-2H3,(H,31,33)/b24-16-. The molecule has 2 amide bonds. The third kappa shape index (κ3) is 6.14. The van der Waals surface area contributed by atoms with Crippen LogP contribution in [0.5, 0.6) is 5.75 Å². The maximum Gasteiger partial charge on any atom is 0.341 e. The number of benzene rings is 2. The Hall–Kier alpha value is -3.47. The Labute approximate surface area is 246 Å². The zero-order chi connectivity index (χ0) is 28.2. The van der Waals surface area contributed by atoms with Crippen LogP contribution in [0.2, 0.25) is 0 Å². The predicted molar refractivity (Wildman–Crippen MR) is 164 cm³/mol. The van der Waals surface area contributed by atoms with E-state index in [0.29, 0.717) is 31.5 Å². The van der Waals surface area contributed by atoms with Gasteiger partial charge >= 0.3 is 5.97 Å². The van der Waals surface area contributed by atoms with Gasteiger partial charge in [-0.3, -0.25) is 14.5 Å².